The Labute approximate surface area is 94.8 Å². The van der Waals surface area contributed by atoms with Crippen LogP contribution in [0.15, 0.2) is 0 Å². The molecule has 0 aromatic carbocycles. The maximum atomic E-state index is 5.64. The average Bonchev–Trinajstić information content (AvgIpc) is 2.24. The molecule has 1 N–H and O–H groups in total. The second-order valence-electron chi connectivity index (χ2n) is 3.91. The monoisotopic (exact) mass is 211 g/mol. The van der Waals surface area contributed by atoms with Crippen LogP contribution in [0.3, 0.4) is 0 Å². The van der Waals surface area contributed by atoms with E-state index in [0.29, 0.717) is 12.6 Å². The Hall–Kier alpha value is -0.520. The van der Waals surface area contributed by atoms with Crippen LogP contribution >= 0.6 is 0 Å². The van der Waals surface area contributed by atoms with E-state index in [0.717, 1.165) is 13.2 Å². The lowest BCUT2D eigenvalue weighted by Gasteiger charge is -2.12. The van der Waals surface area contributed by atoms with Gasteiger partial charge in [0.15, 0.2) is 0 Å². The van der Waals surface area contributed by atoms with Crippen LogP contribution in [-0.4, -0.2) is 25.8 Å². The van der Waals surface area contributed by atoms with Crippen LogP contribution in [0, 0.1) is 12.3 Å². The smallest absolute Gasteiger partial charge is 0.0594 e. The van der Waals surface area contributed by atoms with Gasteiger partial charge in [0.2, 0.25) is 0 Å². The third-order valence-electron chi connectivity index (χ3n) is 2.37. The van der Waals surface area contributed by atoms with Crippen LogP contribution in [0.1, 0.15) is 46.0 Å². The van der Waals surface area contributed by atoms with E-state index in [-0.39, 0.29) is 0 Å². The van der Waals surface area contributed by atoms with Crippen molar-refractivity contribution in [3.63, 3.8) is 0 Å². The molecule has 0 fully saturated rings. The third kappa shape index (κ3) is 11.4. The molecule has 0 aromatic rings. The van der Waals surface area contributed by atoms with Crippen LogP contribution in [0.2, 0.25) is 0 Å². The van der Waals surface area contributed by atoms with Gasteiger partial charge in [-0.05, 0) is 13.3 Å². The summed E-state index contributed by atoms with van der Waals surface area (Å²) in [5.74, 6) is 2.54. The molecular weight excluding hydrogens is 186 g/mol. The normalized spacial score (nSPS) is 12.3. The Morgan fingerprint density at radius 1 is 1.33 bits per heavy atom. The molecule has 0 saturated heterocycles. The number of ether oxygens (including phenoxy) is 1. The molecule has 0 amide bonds. The molecular formula is C13H25NO. The molecule has 2 heteroatoms. The van der Waals surface area contributed by atoms with Crippen molar-refractivity contribution in [3.8, 4) is 12.3 Å². The van der Waals surface area contributed by atoms with Gasteiger partial charge in [0, 0.05) is 6.54 Å². The van der Waals surface area contributed by atoms with Gasteiger partial charge >= 0.3 is 0 Å². The first kappa shape index (κ1) is 14.5. The van der Waals surface area contributed by atoms with E-state index in [4.69, 9.17) is 11.2 Å². The average molecular weight is 211 g/mol. The summed E-state index contributed by atoms with van der Waals surface area (Å²) < 4.78 is 5.64. The lowest BCUT2D eigenvalue weighted by Crippen LogP contribution is -2.22. The van der Waals surface area contributed by atoms with E-state index in [1.165, 1.54) is 32.1 Å². The van der Waals surface area contributed by atoms with Gasteiger partial charge in [-0.2, -0.15) is 0 Å². The summed E-state index contributed by atoms with van der Waals surface area (Å²) in [6, 6.07) is 0. The van der Waals surface area contributed by atoms with Crippen molar-refractivity contribution in [1.82, 2.24) is 5.32 Å². The topological polar surface area (TPSA) is 21.3 Å². The maximum Gasteiger partial charge on any atom is 0.0594 e. The van der Waals surface area contributed by atoms with E-state index in [9.17, 15) is 0 Å². The van der Waals surface area contributed by atoms with Gasteiger partial charge in [-0.25, -0.2) is 0 Å². The number of unbranched alkanes of at least 4 members (excludes halogenated alkanes) is 3. The highest BCUT2D eigenvalue weighted by atomic mass is 16.5. The fourth-order valence-electron chi connectivity index (χ4n) is 1.43. The first-order chi connectivity index (χ1) is 7.31. The van der Waals surface area contributed by atoms with E-state index in [1.54, 1.807) is 0 Å². The van der Waals surface area contributed by atoms with Crippen molar-refractivity contribution >= 4 is 0 Å². The van der Waals surface area contributed by atoms with E-state index in [1.807, 2.05) is 0 Å². The van der Waals surface area contributed by atoms with Gasteiger partial charge < -0.3 is 10.1 Å². The molecule has 0 bridgehead atoms. The number of rotatable bonds is 10. The number of nitrogens with one attached hydrogen (secondary N) is 1. The summed E-state index contributed by atoms with van der Waals surface area (Å²) in [5, 5.41) is 3.11. The summed E-state index contributed by atoms with van der Waals surface area (Å²) >= 11 is 0. The van der Waals surface area contributed by atoms with Gasteiger partial charge in [-0.3, -0.25) is 0 Å². The number of terminal acetylenes is 1. The second-order valence-corrected chi connectivity index (χ2v) is 3.91. The molecule has 0 aliphatic rings. The maximum absolute atomic E-state index is 5.64. The van der Waals surface area contributed by atoms with Crippen LogP contribution in [-0.2, 0) is 4.74 Å². The van der Waals surface area contributed by atoms with Gasteiger partial charge in [-0.15, -0.1) is 6.42 Å². The molecule has 0 heterocycles. The minimum Gasteiger partial charge on any atom is -0.377 e. The molecule has 0 aliphatic carbocycles. The third-order valence-corrected chi connectivity index (χ3v) is 2.37. The summed E-state index contributed by atoms with van der Waals surface area (Å²) in [6.45, 7) is 6.62. The Balaban J connectivity index is 3.12. The predicted molar refractivity (Wildman–Crippen MR) is 65.9 cm³/mol. The standard InChI is InChI=1S/C13H25NO/c1-4-6-7-8-9-13(3)15-12-11-14-10-5-2/h2,13-14H,4,6-12H2,1,3H3. The summed E-state index contributed by atoms with van der Waals surface area (Å²) in [4.78, 5) is 0. The predicted octanol–water partition coefficient (Wildman–Crippen LogP) is 2.58. The Kier molecular flexibility index (Phi) is 11.2. The zero-order chi connectivity index (χ0) is 11.4. The minimum atomic E-state index is 0.384. The van der Waals surface area contributed by atoms with Gasteiger partial charge in [0.1, 0.15) is 0 Å². The molecule has 1 unspecified atom stereocenters. The van der Waals surface area contributed by atoms with E-state index in [2.05, 4.69) is 25.1 Å². The van der Waals surface area contributed by atoms with Crippen LogP contribution in [0.25, 0.3) is 0 Å². The van der Waals surface area contributed by atoms with Crippen molar-refractivity contribution in [2.75, 3.05) is 19.7 Å². The largest absolute Gasteiger partial charge is 0.377 e. The fraction of sp³-hybridized carbons (Fsp3) is 0.846. The van der Waals surface area contributed by atoms with Crippen LogP contribution < -0.4 is 5.32 Å². The van der Waals surface area contributed by atoms with Gasteiger partial charge in [-0.1, -0.05) is 38.5 Å². The van der Waals surface area contributed by atoms with Gasteiger partial charge in [0.05, 0.1) is 19.3 Å². The van der Waals surface area contributed by atoms with Crippen LogP contribution in [0.4, 0.5) is 0 Å². The Morgan fingerprint density at radius 2 is 2.13 bits per heavy atom. The zero-order valence-corrected chi connectivity index (χ0v) is 10.2. The molecule has 15 heavy (non-hydrogen) atoms. The first-order valence-electron chi connectivity index (χ1n) is 6.07. The SMILES string of the molecule is C#CCNCCOC(C)CCCCCC. The molecule has 0 rings (SSSR count). The zero-order valence-electron chi connectivity index (χ0n) is 10.2. The van der Waals surface area contributed by atoms with Crippen molar-refractivity contribution in [3.05, 3.63) is 0 Å². The lowest BCUT2D eigenvalue weighted by molar-refractivity contribution is 0.0609. The highest BCUT2D eigenvalue weighted by Crippen LogP contribution is 2.07. The van der Waals surface area contributed by atoms with Crippen molar-refractivity contribution < 1.29 is 4.74 Å². The molecule has 2 nitrogen and oxygen atoms in total. The Bertz CT molecular complexity index is 162. The fourth-order valence-corrected chi connectivity index (χ4v) is 1.43. The molecule has 0 saturated carbocycles. The number of hydrogen-bond acceptors (Lipinski definition) is 2. The van der Waals surface area contributed by atoms with Gasteiger partial charge in [0.25, 0.3) is 0 Å². The van der Waals surface area contributed by atoms with Crippen molar-refractivity contribution in [2.24, 2.45) is 0 Å². The Morgan fingerprint density at radius 3 is 2.80 bits per heavy atom. The number of hydrogen-bond donors (Lipinski definition) is 1. The molecule has 1 atom stereocenters. The summed E-state index contributed by atoms with van der Waals surface area (Å²) in [5.41, 5.74) is 0. The minimum absolute atomic E-state index is 0.384. The van der Waals surface area contributed by atoms with Crippen molar-refractivity contribution in [2.45, 2.75) is 52.1 Å². The summed E-state index contributed by atoms with van der Waals surface area (Å²) in [6.07, 6.45) is 11.9. The molecule has 0 spiro atoms. The van der Waals surface area contributed by atoms with Crippen molar-refractivity contribution in [1.29, 1.82) is 0 Å². The summed E-state index contributed by atoms with van der Waals surface area (Å²) in [7, 11) is 0. The quantitative estimate of drug-likeness (QED) is 0.443. The first-order valence-corrected chi connectivity index (χ1v) is 6.07. The molecule has 88 valence electrons. The highest BCUT2D eigenvalue weighted by molar-refractivity contribution is 4.86. The molecule has 0 aliphatic heterocycles. The second kappa shape index (κ2) is 11.6. The van der Waals surface area contributed by atoms with Crippen LogP contribution in [0.5, 0.6) is 0 Å². The lowest BCUT2D eigenvalue weighted by atomic mass is 10.1. The molecule has 0 radical (unpaired) electrons. The highest BCUT2D eigenvalue weighted by Gasteiger charge is 2.00. The molecule has 0 aromatic heterocycles. The van der Waals surface area contributed by atoms with E-state index >= 15 is 0 Å². The van der Waals surface area contributed by atoms with E-state index < -0.39 is 0 Å².